The van der Waals surface area contributed by atoms with Crippen molar-refractivity contribution in [3.05, 3.63) is 0 Å². The summed E-state index contributed by atoms with van der Waals surface area (Å²) in [6.07, 6.45) is 2.09. The van der Waals surface area contributed by atoms with Gasteiger partial charge in [0.15, 0.2) is 0 Å². The van der Waals surface area contributed by atoms with E-state index in [9.17, 15) is 9.59 Å². The lowest BCUT2D eigenvalue weighted by molar-refractivity contribution is -0.138. The second kappa shape index (κ2) is 5.70. The van der Waals surface area contributed by atoms with Crippen LogP contribution in [0.4, 0.5) is 0 Å². The predicted octanol–water partition coefficient (Wildman–Crippen LogP) is -0.538. The molecular formula is C10H19N3O2. The van der Waals surface area contributed by atoms with Gasteiger partial charge in [-0.1, -0.05) is 6.92 Å². The van der Waals surface area contributed by atoms with Crippen LogP contribution >= 0.6 is 0 Å². The van der Waals surface area contributed by atoms with Gasteiger partial charge in [0.05, 0.1) is 6.54 Å². The van der Waals surface area contributed by atoms with Crippen molar-refractivity contribution in [1.82, 2.24) is 10.2 Å². The lowest BCUT2D eigenvalue weighted by atomic mass is 10.1. The van der Waals surface area contributed by atoms with Crippen LogP contribution in [0.15, 0.2) is 0 Å². The molecule has 0 bridgehead atoms. The molecule has 0 aromatic heterocycles. The molecule has 2 amide bonds. The number of carbonyl (C=O) groups excluding carboxylic acids is 2. The Bertz CT molecular complexity index is 243. The predicted molar refractivity (Wildman–Crippen MR) is 57.1 cm³/mol. The first-order chi connectivity index (χ1) is 7.13. The van der Waals surface area contributed by atoms with E-state index in [0.29, 0.717) is 19.5 Å². The minimum atomic E-state index is -0.0979. The Hall–Kier alpha value is -1.10. The van der Waals surface area contributed by atoms with E-state index in [1.54, 1.807) is 4.90 Å². The van der Waals surface area contributed by atoms with Crippen LogP contribution in [-0.4, -0.2) is 42.4 Å². The molecule has 0 spiro atoms. The molecule has 0 saturated carbocycles. The van der Waals surface area contributed by atoms with Crippen molar-refractivity contribution >= 4 is 11.8 Å². The smallest absolute Gasteiger partial charge is 0.239 e. The summed E-state index contributed by atoms with van der Waals surface area (Å²) in [7, 11) is 0. The van der Waals surface area contributed by atoms with Gasteiger partial charge in [0.2, 0.25) is 11.8 Å². The largest absolute Gasteiger partial charge is 0.355 e. The van der Waals surface area contributed by atoms with Crippen LogP contribution in [0.25, 0.3) is 0 Å². The van der Waals surface area contributed by atoms with Gasteiger partial charge in [-0.25, -0.2) is 0 Å². The van der Waals surface area contributed by atoms with Gasteiger partial charge in [-0.2, -0.15) is 0 Å². The second-order valence-electron chi connectivity index (χ2n) is 3.92. The number of nitrogens with one attached hydrogen (secondary N) is 1. The minimum Gasteiger partial charge on any atom is -0.355 e. The van der Waals surface area contributed by atoms with Crippen LogP contribution in [0.3, 0.4) is 0 Å². The Kier molecular flexibility index (Phi) is 4.55. The van der Waals surface area contributed by atoms with E-state index in [1.165, 1.54) is 0 Å². The molecule has 0 aromatic rings. The molecule has 0 radical (unpaired) electrons. The summed E-state index contributed by atoms with van der Waals surface area (Å²) in [5, 5.41) is 2.74. The zero-order valence-electron chi connectivity index (χ0n) is 9.16. The molecule has 1 fully saturated rings. The number of likely N-dealkylation sites (tertiary alicyclic amines) is 1. The number of nitrogens with two attached hydrogens (primary N) is 1. The quantitative estimate of drug-likeness (QED) is 0.658. The number of amides is 2. The Morgan fingerprint density at radius 1 is 1.67 bits per heavy atom. The highest BCUT2D eigenvalue weighted by Crippen LogP contribution is 2.09. The molecule has 1 heterocycles. The summed E-state index contributed by atoms with van der Waals surface area (Å²) in [5.41, 5.74) is 5.74. The molecule has 1 unspecified atom stereocenters. The maximum atomic E-state index is 11.4. The van der Waals surface area contributed by atoms with Crippen LogP contribution in [0, 0.1) is 0 Å². The summed E-state index contributed by atoms with van der Waals surface area (Å²) >= 11 is 0. The number of hydrogen-bond acceptors (Lipinski definition) is 3. The van der Waals surface area contributed by atoms with E-state index in [-0.39, 0.29) is 24.4 Å². The molecule has 0 aliphatic carbocycles. The van der Waals surface area contributed by atoms with Gasteiger partial charge in [0.25, 0.3) is 0 Å². The molecule has 3 N–H and O–H groups in total. The summed E-state index contributed by atoms with van der Waals surface area (Å²) in [6, 6.07) is 0.0154. The van der Waals surface area contributed by atoms with E-state index in [1.807, 2.05) is 6.92 Å². The molecule has 5 nitrogen and oxygen atoms in total. The summed E-state index contributed by atoms with van der Waals surface area (Å²) < 4.78 is 0. The average Bonchev–Trinajstić information content (AvgIpc) is 2.20. The molecule has 0 aromatic carbocycles. The number of carbonyl (C=O) groups is 2. The Morgan fingerprint density at radius 2 is 2.40 bits per heavy atom. The van der Waals surface area contributed by atoms with E-state index < -0.39 is 0 Å². The molecule has 15 heavy (non-hydrogen) atoms. The normalized spacial score (nSPS) is 21.6. The van der Waals surface area contributed by atoms with Crippen LogP contribution in [0.1, 0.15) is 26.2 Å². The fraction of sp³-hybridized carbons (Fsp3) is 0.800. The maximum absolute atomic E-state index is 11.4. The summed E-state index contributed by atoms with van der Waals surface area (Å²) in [4.78, 5) is 24.4. The topological polar surface area (TPSA) is 75.4 Å². The van der Waals surface area contributed by atoms with Gasteiger partial charge in [-0.05, 0) is 12.8 Å². The third-order valence-corrected chi connectivity index (χ3v) is 2.44. The molecule has 1 atom stereocenters. The van der Waals surface area contributed by atoms with E-state index in [0.717, 1.165) is 12.8 Å². The van der Waals surface area contributed by atoms with Crippen molar-refractivity contribution in [1.29, 1.82) is 0 Å². The van der Waals surface area contributed by atoms with Gasteiger partial charge in [0, 0.05) is 25.6 Å². The molecule has 5 heteroatoms. The standard InChI is InChI=1S/C10H19N3O2/c1-2-5-12-9(14)7-13-6-8(11)3-4-10(13)15/h8H,2-7,11H2,1H3,(H,12,14). The van der Waals surface area contributed by atoms with Crippen molar-refractivity contribution in [2.24, 2.45) is 5.73 Å². The highest BCUT2D eigenvalue weighted by Gasteiger charge is 2.24. The van der Waals surface area contributed by atoms with Gasteiger partial charge < -0.3 is 16.0 Å². The second-order valence-corrected chi connectivity index (χ2v) is 3.92. The lowest BCUT2D eigenvalue weighted by Gasteiger charge is -2.30. The lowest BCUT2D eigenvalue weighted by Crippen LogP contribution is -2.49. The number of piperidine rings is 1. The Labute approximate surface area is 90.0 Å². The van der Waals surface area contributed by atoms with Gasteiger partial charge >= 0.3 is 0 Å². The van der Waals surface area contributed by atoms with Crippen molar-refractivity contribution in [3.8, 4) is 0 Å². The fourth-order valence-corrected chi connectivity index (χ4v) is 1.59. The van der Waals surface area contributed by atoms with Crippen LogP contribution in [-0.2, 0) is 9.59 Å². The third-order valence-electron chi connectivity index (χ3n) is 2.44. The zero-order valence-corrected chi connectivity index (χ0v) is 9.16. The van der Waals surface area contributed by atoms with Crippen LogP contribution in [0.5, 0.6) is 0 Å². The first kappa shape index (κ1) is 12.0. The average molecular weight is 213 g/mol. The van der Waals surface area contributed by atoms with Crippen molar-refractivity contribution in [2.45, 2.75) is 32.2 Å². The zero-order chi connectivity index (χ0) is 11.3. The van der Waals surface area contributed by atoms with Crippen LogP contribution in [0.2, 0.25) is 0 Å². The molecule has 1 rings (SSSR count). The number of nitrogens with zero attached hydrogens (tertiary/aromatic N) is 1. The summed E-state index contributed by atoms with van der Waals surface area (Å²) in [6.45, 7) is 3.29. The van der Waals surface area contributed by atoms with Crippen molar-refractivity contribution in [2.75, 3.05) is 19.6 Å². The van der Waals surface area contributed by atoms with Gasteiger partial charge in [0.1, 0.15) is 0 Å². The number of hydrogen-bond donors (Lipinski definition) is 2. The minimum absolute atomic E-state index is 0.0154. The van der Waals surface area contributed by atoms with Crippen molar-refractivity contribution < 1.29 is 9.59 Å². The molecular weight excluding hydrogens is 194 g/mol. The van der Waals surface area contributed by atoms with Gasteiger partial charge in [-0.15, -0.1) is 0 Å². The fourth-order valence-electron chi connectivity index (χ4n) is 1.59. The van der Waals surface area contributed by atoms with E-state index in [2.05, 4.69) is 5.32 Å². The van der Waals surface area contributed by atoms with E-state index >= 15 is 0 Å². The maximum Gasteiger partial charge on any atom is 0.239 e. The number of rotatable bonds is 4. The molecule has 1 aliphatic rings. The molecule has 86 valence electrons. The first-order valence-electron chi connectivity index (χ1n) is 5.43. The Balaban J connectivity index is 2.35. The summed E-state index contributed by atoms with van der Waals surface area (Å²) in [5.74, 6) is -0.0670. The third kappa shape index (κ3) is 3.87. The van der Waals surface area contributed by atoms with Crippen molar-refractivity contribution in [3.63, 3.8) is 0 Å². The SMILES string of the molecule is CCCNC(=O)CN1CC(N)CCC1=O. The van der Waals surface area contributed by atoms with E-state index in [4.69, 9.17) is 5.73 Å². The highest BCUT2D eigenvalue weighted by molar-refractivity contribution is 5.85. The first-order valence-corrected chi connectivity index (χ1v) is 5.43. The monoisotopic (exact) mass is 213 g/mol. The van der Waals surface area contributed by atoms with Crippen LogP contribution < -0.4 is 11.1 Å². The Morgan fingerprint density at radius 3 is 3.07 bits per heavy atom. The molecule has 1 saturated heterocycles. The van der Waals surface area contributed by atoms with Gasteiger partial charge in [-0.3, -0.25) is 9.59 Å². The molecule has 1 aliphatic heterocycles. The highest BCUT2D eigenvalue weighted by atomic mass is 16.2.